The third-order valence-corrected chi connectivity index (χ3v) is 3.21. The number of rotatable bonds is 5. The SMILES string of the molecule is CCC(C)(C)NC(=O)COC(=O)c1ccc(C)c(N)c1. The molecule has 1 rings (SSSR count). The number of benzene rings is 1. The quantitative estimate of drug-likeness (QED) is 0.638. The molecule has 1 aromatic rings. The molecule has 0 aliphatic rings. The van der Waals surface area contributed by atoms with Gasteiger partial charge in [-0.05, 0) is 44.9 Å². The number of aryl methyl sites for hydroxylation is 1. The van der Waals surface area contributed by atoms with Crippen LogP contribution in [-0.2, 0) is 9.53 Å². The van der Waals surface area contributed by atoms with E-state index in [0.717, 1.165) is 12.0 Å². The lowest BCUT2D eigenvalue weighted by Crippen LogP contribution is -2.44. The van der Waals surface area contributed by atoms with Crippen LogP contribution in [0.15, 0.2) is 18.2 Å². The summed E-state index contributed by atoms with van der Waals surface area (Å²) >= 11 is 0. The first kappa shape index (κ1) is 16.0. The summed E-state index contributed by atoms with van der Waals surface area (Å²) in [6.45, 7) is 7.35. The predicted molar refractivity (Wildman–Crippen MR) is 78.4 cm³/mol. The Morgan fingerprint density at radius 3 is 2.55 bits per heavy atom. The zero-order valence-electron chi connectivity index (χ0n) is 12.4. The fraction of sp³-hybridized carbons (Fsp3) is 0.467. The number of nitrogens with two attached hydrogens (primary N) is 1. The minimum Gasteiger partial charge on any atom is -0.452 e. The van der Waals surface area contributed by atoms with Crippen LogP contribution >= 0.6 is 0 Å². The summed E-state index contributed by atoms with van der Waals surface area (Å²) in [5.74, 6) is -0.869. The number of carbonyl (C=O) groups is 2. The number of esters is 1. The smallest absolute Gasteiger partial charge is 0.338 e. The van der Waals surface area contributed by atoms with Crippen LogP contribution in [0.5, 0.6) is 0 Å². The van der Waals surface area contributed by atoms with E-state index in [0.29, 0.717) is 11.3 Å². The number of hydrogen-bond donors (Lipinski definition) is 2. The fourth-order valence-corrected chi connectivity index (χ4v) is 1.48. The highest BCUT2D eigenvalue weighted by Crippen LogP contribution is 2.13. The molecule has 0 aromatic heterocycles. The lowest BCUT2D eigenvalue weighted by atomic mass is 10.0. The number of nitrogens with one attached hydrogen (secondary N) is 1. The minimum absolute atomic E-state index is 0.296. The van der Waals surface area contributed by atoms with E-state index in [1.807, 2.05) is 27.7 Å². The van der Waals surface area contributed by atoms with Gasteiger partial charge in [0.05, 0.1) is 5.56 Å². The molecule has 0 saturated carbocycles. The monoisotopic (exact) mass is 278 g/mol. The zero-order chi connectivity index (χ0) is 15.3. The third kappa shape index (κ3) is 4.57. The van der Waals surface area contributed by atoms with E-state index in [-0.39, 0.29) is 18.1 Å². The highest BCUT2D eigenvalue weighted by Gasteiger charge is 2.19. The van der Waals surface area contributed by atoms with Gasteiger partial charge in [-0.3, -0.25) is 4.79 Å². The lowest BCUT2D eigenvalue weighted by molar-refractivity contribution is -0.125. The van der Waals surface area contributed by atoms with E-state index in [9.17, 15) is 9.59 Å². The van der Waals surface area contributed by atoms with Gasteiger partial charge in [-0.15, -0.1) is 0 Å². The summed E-state index contributed by atoms with van der Waals surface area (Å²) in [7, 11) is 0. The maximum atomic E-state index is 11.8. The molecule has 0 heterocycles. The standard InChI is InChI=1S/C15H22N2O3/c1-5-15(3,4)17-13(18)9-20-14(19)11-7-6-10(2)12(16)8-11/h6-8H,5,9,16H2,1-4H3,(H,17,18). The Hall–Kier alpha value is -2.04. The summed E-state index contributed by atoms with van der Waals surface area (Å²) in [6, 6.07) is 4.92. The van der Waals surface area contributed by atoms with E-state index in [1.165, 1.54) is 0 Å². The fourth-order valence-electron chi connectivity index (χ4n) is 1.48. The zero-order valence-corrected chi connectivity index (χ0v) is 12.4. The van der Waals surface area contributed by atoms with Gasteiger partial charge in [0.25, 0.3) is 5.91 Å². The Bertz CT molecular complexity index is 510. The second kappa shape index (κ2) is 6.41. The van der Waals surface area contributed by atoms with Crippen LogP contribution in [-0.4, -0.2) is 24.0 Å². The molecule has 0 saturated heterocycles. The molecule has 0 unspecified atom stereocenters. The molecule has 0 aliphatic heterocycles. The van der Waals surface area contributed by atoms with Crippen molar-refractivity contribution in [1.82, 2.24) is 5.32 Å². The van der Waals surface area contributed by atoms with Crippen molar-refractivity contribution in [3.63, 3.8) is 0 Å². The summed E-state index contributed by atoms with van der Waals surface area (Å²) in [4.78, 5) is 23.5. The van der Waals surface area contributed by atoms with Crippen molar-refractivity contribution in [2.45, 2.75) is 39.7 Å². The van der Waals surface area contributed by atoms with Crippen LogP contribution < -0.4 is 11.1 Å². The minimum atomic E-state index is -0.554. The summed E-state index contributed by atoms with van der Waals surface area (Å²) < 4.78 is 4.97. The molecule has 0 radical (unpaired) electrons. The predicted octanol–water partition coefficient (Wildman–Crippen LogP) is 2.04. The van der Waals surface area contributed by atoms with Gasteiger partial charge in [-0.25, -0.2) is 4.79 Å². The molecule has 5 nitrogen and oxygen atoms in total. The summed E-state index contributed by atoms with van der Waals surface area (Å²) in [6.07, 6.45) is 0.793. The van der Waals surface area contributed by atoms with Gasteiger partial charge >= 0.3 is 5.97 Å². The van der Waals surface area contributed by atoms with Crippen LogP contribution in [0.4, 0.5) is 5.69 Å². The van der Waals surface area contributed by atoms with Crippen molar-refractivity contribution in [1.29, 1.82) is 0 Å². The Kier molecular flexibility index (Phi) is 5.13. The first-order valence-corrected chi connectivity index (χ1v) is 6.59. The van der Waals surface area contributed by atoms with Gasteiger partial charge in [0, 0.05) is 11.2 Å². The van der Waals surface area contributed by atoms with Crippen molar-refractivity contribution < 1.29 is 14.3 Å². The molecule has 5 heteroatoms. The number of nitrogen functional groups attached to an aromatic ring is 1. The molecule has 1 amide bonds. The van der Waals surface area contributed by atoms with E-state index in [2.05, 4.69) is 5.32 Å². The van der Waals surface area contributed by atoms with E-state index < -0.39 is 5.97 Å². The molecule has 0 aliphatic carbocycles. The van der Waals surface area contributed by atoms with Crippen molar-refractivity contribution in [2.24, 2.45) is 0 Å². The molecule has 0 fully saturated rings. The van der Waals surface area contributed by atoms with E-state index in [4.69, 9.17) is 10.5 Å². The average Bonchev–Trinajstić information content (AvgIpc) is 2.38. The van der Waals surface area contributed by atoms with Gasteiger partial charge in [-0.2, -0.15) is 0 Å². The number of amides is 1. The number of carbonyl (C=O) groups excluding carboxylic acids is 2. The molecule has 1 aromatic carbocycles. The Labute approximate surface area is 119 Å². The topological polar surface area (TPSA) is 81.4 Å². The van der Waals surface area contributed by atoms with Crippen LogP contribution in [0.25, 0.3) is 0 Å². The lowest BCUT2D eigenvalue weighted by Gasteiger charge is -2.24. The number of anilines is 1. The molecule has 0 bridgehead atoms. The summed E-state index contributed by atoms with van der Waals surface area (Å²) in [5, 5.41) is 2.79. The third-order valence-electron chi connectivity index (χ3n) is 3.21. The second-order valence-corrected chi connectivity index (χ2v) is 5.43. The van der Waals surface area contributed by atoms with Crippen molar-refractivity contribution in [3.8, 4) is 0 Å². The number of hydrogen-bond acceptors (Lipinski definition) is 4. The molecular weight excluding hydrogens is 256 g/mol. The van der Waals surface area contributed by atoms with Gasteiger partial charge in [0.1, 0.15) is 0 Å². The highest BCUT2D eigenvalue weighted by atomic mass is 16.5. The first-order valence-electron chi connectivity index (χ1n) is 6.59. The average molecular weight is 278 g/mol. The molecular formula is C15H22N2O3. The summed E-state index contributed by atoms with van der Waals surface area (Å²) in [5.41, 5.74) is 7.18. The van der Waals surface area contributed by atoms with Gasteiger partial charge in [0.2, 0.25) is 0 Å². The van der Waals surface area contributed by atoms with Crippen LogP contribution in [0.3, 0.4) is 0 Å². The van der Waals surface area contributed by atoms with Crippen molar-refractivity contribution in [3.05, 3.63) is 29.3 Å². The Morgan fingerprint density at radius 1 is 1.35 bits per heavy atom. The Morgan fingerprint density at radius 2 is 2.00 bits per heavy atom. The maximum absolute atomic E-state index is 11.8. The van der Waals surface area contributed by atoms with Crippen molar-refractivity contribution in [2.75, 3.05) is 12.3 Å². The van der Waals surface area contributed by atoms with E-state index >= 15 is 0 Å². The molecule has 20 heavy (non-hydrogen) atoms. The van der Waals surface area contributed by atoms with Gasteiger partial charge < -0.3 is 15.8 Å². The Balaban J connectivity index is 2.55. The molecule has 0 atom stereocenters. The van der Waals surface area contributed by atoms with Crippen molar-refractivity contribution >= 4 is 17.6 Å². The van der Waals surface area contributed by atoms with Crippen LogP contribution in [0.2, 0.25) is 0 Å². The van der Waals surface area contributed by atoms with Gasteiger partial charge in [0.15, 0.2) is 6.61 Å². The molecule has 110 valence electrons. The van der Waals surface area contributed by atoms with Crippen LogP contribution in [0.1, 0.15) is 43.1 Å². The van der Waals surface area contributed by atoms with Gasteiger partial charge in [-0.1, -0.05) is 13.0 Å². The highest BCUT2D eigenvalue weighted by molar-refractivity contribution is 5.92. The molecule has 3 N–H and O–H groups in total. The van der Waals surface area contributed by atoms with Crippen LogP contribution in [0, 0.1) is 6.92 Å². The first-order chi connectivity index (χ1) is 9.25. The van der Waals surface area contributed by atoms with E-state index in [1.54, 1.807) is 18.2 Å². The second-order valence-electron chi connectivity index (χ2n) is 5.43. The molecule has 0 spiro atoms. The largest absolute Gasteiger partial charge is 0.452 e. The number of ether oxygens (including phenoxy) is 1. The maximum Gasteiger partial charge on any atom is 0.338 e. The normalized spacial score (nSPS) is 11.0.